The van der Waals surface area contributed by atoms with Crippen LogP contribution >= 0.6 is 15.9 Å². The molecule has 2 N–H and O–H groups in total. The van der Waals surface area contributed by atoms with Gasteiger partial charge >= 0.3 is 5.97 Å². The van der Waals surface area contributed by atoms with Gasteiger partial charge in [0.2, 0.25) is 0 Å². The van der Waals surface area contributed by atoms with Gasteiger partial charge in [-0.15, -0.1) is 0 Å². The summed E-state index contributed by atoms with van der Waals surface area (Å²) in [4.78, 5) is 18.1. The maximum absolute atomic E-state index is 10.7. The summed E-state index contributed by atoms with van der Waals surface area (Å²) in [5, 5.41) is 8.83. The molecule has 0 saturated carbocycles. The molecule has 0 spiro atoms. The second kappa shape index (κ2) is 4.25. The van der Waals surface area contributed by atoms with E-state index in [0.717, 1.165) is 21.2 Å². The van der Waals surface area contributed by atoms with E-state index >= 15 is 0 Å². The number of aromatic amines is 1. The summed E-state index contributed by atoms with van der Waals surface area (Å²) in [7, 11) is 0. The Morgan fingerprint density at radius 2 is 2.38 bits per heavy atom. The lowest BCUT2D eigenvalue weighted by Gasteiger charge is -2.02. The Hall–Kier alpha value is -1.36. The van der Waals surface area contributed by atoms with Gasteiger partial charge < -0.3 is 10.1 Å². The first-order valence-electron chi connectivity index (χ1n) is 4.92. The van der Waals surface area contributed by atoms with E-state index in [9.17, 15) is 4.79 Å². The topological polar surface area (TPSA) is 66.0 Å². The molecule has 2 aromatic heterocycles. The van der Waals surface area contributed by atoms with Crippen LogP contribution in [0.1, 0.15) is 12.6 Å². The zero-order chi connectivity index (χ0) is 11.7. The number of rotatable bonds is 3. The van der Waals surface area contributed by atoms with Gasteiger partial charge in [-0.25, -0.2) is 0 Å². The molecule has 4 nitrogen and oxygen atoms in total. The minimum atomic E-state index is -0.784. The fourth-order valence-electron chi connectivity index (χ4n) is 1.57. The minimum absolute atomic E-state index is 0.392. The Kier molecular flexibility index (Phi) is 2.96. The lowest BCUT2D eigenvalue weighted by molar-refractivity contribution is -0.141. The number of aliphatic carboxylic acids is 1. The van der Waals surface area contributed by atoms with Gasteiger partial charge in [-0.1, -0.05) is 6.92 Å². The molecule has 0 aliphatic rings. The molecular weight excluding hydrogens is 272 g/mol. The lowest BCUT2D eigenvalue weighted by atomic mass is 10.1. The van der Waals surface area contributed by atoms with Crippen molar-refractivity contribution < 1.29 is 9.90 Å². The molecule has 2 aromatic rings. The predicted molar refractivity (Wildman–Crippen MR) is 64.3 cm³/mol. The van der Waals surface area contributed by atoms with Crippen LogP contribution in [0.25, 0.3) is 11.0 Å². The highest BCUT2D eigenvalue weighted by molar-refractivity contribution is 9.10. The maximum atomic E-state index is 10.7. The Morgan fingerprint density at radius 1 is 1.62 bits per heavy atom. The zero-order valence-electron chi connectivity index (χ0n) is 8.70. The van der Waals surface area contributed by atoms with Crippen LogP contribution in [0.5, 0.6) is 0 Å². The summed E-state index contributed by atoms with van der Waals surface area (Å²) >= 11 is 3.34. The average Bonchev–Trinajstić information content (AvgIpc) is 2.58. The van der Waals surface area contributed by atoms with Crippen LogP contribution in [0.3, 0.4) is 0 Å². The normalized spacial score (nSPS) is 12.9. The van der Waals surface area contributed by atoms with Crippen molar-refractivity contribution in [2.75, 3.05) is 0 Å². The molecule has 0 amide bonds. The Balaban J connectivity index is 2.29. The van der Waals surface area contributed by atoms with E-state index in [1.165, 1.54) is 0 Å². The number of halogens is 1. The van der Waals surface area contributed by atoms with E-state index in [2.05, 4.69) is 25.9 Å². The van der Waals surface area contributed by atoms with Crippen molar-refractivity contribution in [3.8, 4) is 0 Å². The quantitative estimate of drug-likeness (QED) is 0.909. The molecule has 0 fully saturated rings. The maximum Gasteiger partial charge on any atom is 0.306 e. The first kappa shape index (κ1) is 11.1. The number of carboxylic acid groups (broad SMARTS) is 1. The number of nitrogens with zero attached hydrogens (tertiary/aromatic N) is 1. The molecule has 0 bridgehead atoms. The van der Waals surface area contributed by atoms with E-state index in [1.54, 1.807) is 13.1 Å². The van der Waals surface area contributed by atoms with Crippen LogP contribution in [-0.4, -0.2) is 21.0 Å². The first-order chi connectivity index (χ1) is 7.56. The molecule has 0 aromatic carbocycles. The van der Waals surface area contributed by atoms with Crippen LogP contribution in [0.15, 0.2) is 22.8 Å². The highest BCUT2D eigenvalue weighted by Gasteiger charge is 2.13. The van der Waals surface area contributed by atoms with Crippen molar-refractivity contribution in [3.05, 3.63) is 28.5 Å². The lowest BCUT2D eigenvalue weighted by Crippen LogP contribution is -2.12. The Labute approximate surface area is 101 Å². The second-order valence-corrected chi connectivity index (χ2v) is 4.74. The number of hydrogen-bond acceptors (Lipinski definition) is 2. The van der Waals surface area contributed by atoms with Crippen LogP contribution in [0.2, 0.25) is 0 Å². The molecule has 0 radical (unpaired) electrons. The molecular formula is C11H11BrN2O2. The summed E-state index contributed by atoms with van der Waals surface area (Å²) in [5.41, 5.74) is 2.67. The van der Waals surface area contributed by atoms with Crippen molar-refractivity contribution in [3.63, 3.8) is 0 Å². The van der Waals surface area contributed by atoms with E-state index in [4.69, 9.17) is 5.11 Å². The average molecular weight is 283 g/mol. The molecule has 84 valence electrons. The van der Waals surface area contributed by atoms with Gasteiger partial charge in [0.05, 0.1) is 17.0 Å². The standard InChI is InChI=1S/C11H11BrN2O2/c1-6(11(15)16)2-8-4-9-10(14-8)3-7(12)5-13-9/h3-6,14H,2H2,1H3,(H,15,16). The van der Waals surface area contributed by atoms with E-state index < -0.39 is 11.9 Å². The highest BCUT2D eigenvalue weighted by Crippen LogP contribution is 2.19. The van der Waals surface area contributed by atoms with Crippen molar-refractivity contribution in [2.45, 2.75) is 13.3 Å². The van der Waals surface area contributed by atoms with E-state index in [1.807, 2.05) is 12.1 Å². The molecule has 1 atom stereocenters. The second-order valence-electron chi connectivity index (χ2n) is 3.82. The zero-order valence-corrected chi connectivity index (χ0v) is 10.3. The number of H-pyrrole nitrogens is 1. The number of fused-ring (bicyclic) bond motifs is 1. The summed E-state index contributed by atoms with van der Waals surface area (Å²) < 4.78 is 0.902. The number of carboxylic acids is 1. The van der Waals surface area contributed by atoms with Crippen molar-refractivity contribution >= 4 is 32.9 Å². The summed E-state index contributed by atoms with van der Waals surface area (Å²) in [6.07, 6.45) is 2.21. The van der Waals surface area contributed by atoms with Gasteiger partial charge in [-0.05, 0) is 28.1 Å². The van der Waals surface area contributed by atoms with Crippen molar-refractivity contribution in [1.29, 1.82) is 0 Å². The number of pyridine rings is 1. The monoisotopic (exact) mass is 282 g/mol. The van der Waals surface area contributed by atoms with E-state index in [0.29, 0.717) is 6.42 Å². The van der Waals surface area contributed by atoms with Crippen LogP contribution in [-0.2, 0) is 11.2 Å². The SMILES string of the molecule is CC(Cc1cc2ncc(Br)cc2[nH]1)C(=O)O. The molecule has 5 heteroatoms. The third kappa shape index (κ3) is 2.24. The van der Waals surface area contributed by atoms with Gasteiger partial charge in [0.15, 0.2) is 0 Å². The van der Waals surface area contributed by atoms with Gasteiger partial charge in [0, 0.05) is 22.8 Å². The highest BCUT2D eigenvalue weighted by atomic mass is 79.9. The number of nitrogens with one attached hydrogen (secondary N) is 1. The molecule has 0 saturated heterocycles. The minimum Gasteiger partial charge on any atom is -0.481 e. The molecule has 16 heavy (non-hydrogen) atoms. The first-order valence-corrected chi connectivity index (χ1v) is 5.71. The predicted octanol–water partition coefficient (Wildman–Crippen LogP) is 2.59. The Morgan fingerprint density at radius 3 is 3.06 bits per heavy atom. The number of carbonyl (C=O) groups is 1. The fraction of sp³-hybridized carbons (Fsp3) is 0.273. The summed E-state index contributed by atoms with van der Waals surface area (Å²) in [6.45, 7) is 1.69. The van der Waals surface area contributed by atoms with Gasteiger partial charge in [-0.3, -0.25) is 9.78 Å². The van der Waals surface area contributed by atoms with Crippen LogP contribution in [0.4, 0.5) is 0 Å². The van der Waals surface area contributed by atoms with Gasteiger partial charge in [0.25, 0.3) is 0 Å². The molecule has 1 unspecified atom stereocenters. The Bertz CT molecular complexity index is 536. The molecule has 2 rings (SSSR count). The molecule has 2 heterocycles. The summed E-state index contributed by atoms with van der Waals surface area (Å²) in [5.74, 6) is -1.18. The third-order valence-corrected chi connectivity index (χ3v) is 2.87. The van der Waals surface area contributed by atoms with Gasteiger partial charge in [-0.2, -0.15) is 0 Å². The van der Waals surface area contributed by atoms with E-state index in [-0.39, 0.29) is 0 Å². The van der Waals surface area contributed by atoms with Crippen LogP contribution in [0, 0.1) is 5.92 Å². The number of hydrogen-bond donors (Lipinski definition) is 2. The largest absolute Gasteiger partial charge is 0.481 e. The smallest absolute Gasteiger partial charge is 0.306 e. The molecule has 0 aliphatic heterocycles. The van der Waals surface area contributed by atoms with Crippen LogP contribution < -0.4 is 0 Å². The van der Waals surface area contributed by atoms with Crippen molar-refractivity contribution in [1.82, 2.24) is 9.97 Å². The van der Waals surface area contributed by atoms with Gasteiger partial charge in [0.1, 0.15) is 0 Å². The summed E-state index contributed by atoms with van der Waals surface area (Å²) in [6, 6.07) is 3.82. The fourth-order valence-corrected chi connectivity index (χ4v) is 1.90. The molecule has 0 aliphatic carbocycles. The van der Waals surface area contributed by atoms with Crippen molar-refractivity contribution in [2.24, 2.45) is 5.92 Å². The third-order valence-electron chi connectivity index (χ3n) is 2.44. The number of aromatic nitrogens is 2.